The van der Waals surface area contributed by atoms with Gasteiger partial charge in [-0.2, -0.15) is 0 Å². The van der Waals surface area contributed by atoms with Crippen LogP contribution >= 0.6 is 0 Å². The summed E-state index contributed by atoms with van der Waals surface area (Å²) in [5.74, 6) is 0.983. The maximum Gasteiger partial charge on any atom is 0.127 e. The summed E-state index contributed by atoms with van der Waals surface area (Å²) in [5, 5.41) is 0. The van der Waals surface area contributed by atoms with Crippen molar-refractivity contribution in [2.75, 3.05) is 6.54 Å². The maximum atomic E-state index is 5.79. The van der Waals surface area contributed by atoms with E-state index in [0.717, 1.165) is 30.7 Å². The molecule has 0 spiro atoms. The molecule has 2 N–H and O–H groups in total. The first-order chi connectivity index (χ1) is 6.90. The van der Waals surface area contributed by atoms with Crippen molar-refractivity contribution in [1.29, 1.82) is 0 Å². The molecule has 0 saturated carbocycles. The van der Waals surface area contributed by atoms with Crippen molar-refractivity contribution in [3.05, 3.63) is 35.9 Å². The molecule has 0 bridgehead atoms. The Morgan fingerprint density at radius 1 is 1.29 bits per heavy atom. The minimum Gasteiger partial charge on any atom is -0.486 e. The van der Waals surface area contributed by atoms with Crippen LogP contribution in [0.4, 0.5) is 0 Å². The van der Waals surface area contributed by atoms with Crippen LogP contribution in [0.15, 0.2) is 30.3 Å². The second-order valence-electron chi connectivity index (χ2n) is 3.48. The SMILES string of the molecule is NCCCC1C=Cc2ccccc2O1. The van der Waals surface area contributed by atoms with Gasteiger partial charge in [-0.3, -0.25) is 0 Å². The van der Waals surface area contributed by atoms with E-state index in [-0.39, 0.29) is 6.10 Å². The van der Waals surface area contributed by atoms with Crippen LogP contribution in [0.3, 0.4) is 0 Å². The molecule has 2 heteroatoms. The number of para-hydroxylation sites is 1. The van der Waals surface area contributed by atoms with E-state index in [1.165, 1.54) is 0 Å². The lowest BCUT2D eigenvalue weighted by Gasteiger charge is -2.21. The molecule has 2 rings (SSSR count). The standard InChI is InChI=1S/C12H15NO/c13-9-3-5-11-8-7-10-4-1-2-6-12(10)14-11/h1-2,4,6-8,11H,3,5,9,13H2. The fraction of sp³-hybridized carbons (Fsp3) is 0.333. The molecule has 0 saturated heterocycles. The average molecular weight is 189 g/mol. The van der Waals surface area contributed by atoms with Crippen molar-refractivity contribution in [2.45, 2.75) is 18.9 Å². The van der Waals surface area contributed by atoms with Crippen LogP contribution in [-0.4, -0.2) is 12.6 Å². The summed E-state index contributed by atoms with van der Waals surface area (Å²) in [7, 11) is 0. The van der Waals surface area contributed by atoms with Crippen LogP contribution in [0.1, 0.15) is 18.4 Å². The minimum atomic E-state index is 0.202. The van der Waals surface area contributed by atoms with Gasteiger partial charge in [-0.05, 0) is 31.5 Å². The molecular formula is C12H15NO. The molecule has 0 fully saturated rings. The predicted octanol–water partition coefficient (Wildman–Crippen LogP) is 2.20. The zero-order valence-corrected chi connectivity index (χ0v) is 8.15. The number of benzene rings is 1. The largest absolute Gasteiger partial charge is 0.486 e. The quantitative estimate of drug-likeness (QED) is 0.791. The molecule has 1 aliphatic rings. The highest BCUT2D eigenvalue weighted by Crippen LogP contribution is 2.26. The highest BCUT2D eigenvalue weighted by Gasteiger charge is 2.12. The molecule has 1 aromatic rings. The van der Waals surface area contributed by atoms with Gasteiger partial charge in [0.05, 0.1) is 0 Å². The molecule has 1 aromatic carbocycles. The van der Waals surface area contributed by atoms with E-state index >= 15 is 0 Å². The van der Waals surface area contributed by atoms with Crippen LogP contribution < -0.4 is 10.5 Å². The Bertz CT molecular complexity index is 333. The summed E-state index contributed by atoms with van der Waals surface area (Å²) in [5.41, 5.74) is 6.62. The second kappa shape index (κ2) is 4.29. The third-order valence-corrected chi connectivity index (χ3v) is 2.38. The highest BCUT2D eigenvalue weighted by atomic mass is 16.5. The van der Waals surface area contributed by atoms with Gasteiger partial charge in [-0.25, -0.2) is 0 Å². The summed E-state index contributed by atoms with van der Waals surface area (Å²) in [6.07, 6.45) is 6.45. The van der Waals surface area contributed by atoms with Crippen LogP contribution in [0.5, 0.6) is 5.75 Å². The fourth-order valence-electron chi connectivity index (χ4n) is 1.61. The Kier molecular flexibility index (Phi) is 2.84. The molecule has 0 aliphatic carbocycles. The minimum absolute atomic E-state index is 0.202. The zero-order valence-electron chi connectivity index (χ0n) is 8.15. The summed E-state index contributed by atoms with van der Waals surface area (Å²) < 4.78 is 5.79. The van der Waals surface area contributed by atoms with Gasteiger partial charge in [0.15, 0.2) is 0 Å². The van der Waals surface area contributed by atoms with Crippen molar-refractivity contribution < 1.29 is 4.74 Å². The third-order valence-electron chi connectivity index (χ3n) is 2.38. The molecule has 14 heavy (non-hydrogen) atoms. The highest BCUT2D eigenvalue weighted by molar-refractivity contribution is 5.59. The van der Waals surface area contributed by atoms with E-state index in [2.05, 4.69) is 18.2 Å². The Balaban J connectivity index is 2.06. The Labute approximate surface area is 84.4 Å². The third kappa shape index (κ3) is 1.96. The molecule has 1 aliphatic heterocycles. The van der Waals surface area contributed by atoms with E-state index in [9.17, 15) is 0 Å². The van der Waals surface area contributed by atoms with Gasteiger partial charge >= 0.3 is 0 Å². The molecule has 0 radical (unpaired) electrons. The summed E-state index contributed by atoms with van der Waals surface area (Å²) in [6.45, 7) is 0.731. The summed E-state index contributed by atoms with van der Waals surface area (Å²) in [4.78, 5) is 0. The van der Waals surface area contributed by atoms with E-state index in [1.807, 2.05) is 18.2 Å². The predicted molar refractivity (Wildman–Crippen MR) is 58.2 cm³/mol. The lowest BCUT2D eigenvalue weighted by molar-refractivity contribution is 0.233. The number of ether oxygens (including phenoxy) is 1. The molecule has 2 nitrogen and oxygen atoms in total. The smallest absolute Gasteiger partial charge is 0.127 e. The number of hydrogen-bond donors (Lipinski definition) is 1. The van der Waals surface area contributed by atoms with Crippen LogP contribution in [0.2, 0.25) is 0 Å². The van der Waals surface area contributed by atoms with E-state index in [4.69, 9.17) is 10.5 Å². The van der Waals surface area contributed by atoms with Gasteiger partial charge in [0.25, 0.3) is 0 Å². The van der Waals surface area contributed by atoms with Crippen LogP contribution in [0, 0.1) is 0 Å². The first-order valence-corrected chi connectivity index (χ1v) is 5.04. The van der Waals surface area contributed by atoms with Crippen LogP contribution in [0.25, 0.3) is 6.08 Å². The topological polar surface area (TPSA) is 35.2 Å². The molecular weight excluding hydrogens is 174 g/mol. The first kappa shape index (κ1) is 9.28. The van der Waals surface area contributed by atoms with Gasteiger partial charge < -0.3 is 10.5 Å². The van der Waals surface area contributed by atoms with Crippen molar-refractivity contribution in [3.63, 3.8) is 0 Å². The van der Waals surface area contributed by atoms with Crippen molar-refractivity contribution >= 4 is 6.08 Å². The molecule has 74 valence electrons. The second-order valence-corrected chi connectivity index (χ2v) is 3.48. The number of rotatable bonds is 3. The van der Waals surface area contributed by atoms with Crippen molar-refractivity contribution in [1.82, 2.24) is 0 Å². The van der Waals surface area contributed by atoms with Gasteiger partial charge in [-0.15, -0.1) is 0 Å². The lowest BCUT2D eigenvalue weighted by Crippen LogP contribution is -2.18. The van der Waals surface area contributed by atoms with Crippen LogP contribution in [-0.2, 0) is 0 Å². The number of fused-ring (bicyclic) bond motifs is 1. The summed E-state index contributed by atoms with van der Waals surface area (Å²) >= 11 is 0. The number of hydrogen-bond acceptors (Lipinski definition) is 2. The first-order valence-electron chi connectivity index (χ1n) is 5.04. The average Bonchev–Trinajstić information content (AvgIpc) is 2.26. The van der Waals surface area contributed by atoms with Crippen molar-refractivity contribution in [3.8, 4) is 5.75 Å². The molecule has 0 aromatic heterocycles. The number of nitrogens with two attached hydrogens (primary N) is 1. The molecule has 0 amide bonds. The van der Waals surface area contributed by atoms with Gasteiger partial charge in [-0.1, -0.05) is 24.3 Å². The Morgan fingerprint density at radius 3 is 3.00 bits per heavy atom. The molecule has 1 heterocycles. The van der Waals surface area contributed by atoms with Gasteiger partial charge in [0.2, 0.25) is 0 Å². The summed E-state index contributed by atoms with van der Waals surface area (Å²) in [6, 6.07) is 8.09. The van der Waals surface area contributed by atoms with Gasteiger partial charge in [0, 0.05) is 5.56 Å². The fourth-order valence-corrected chi connectivity index (χ4v) is 1.61. The zero-order chi connectivity index (χ0) is 9.80. The normalized spacial score (nSPS) is 18.8. The maximum absolute atomic E-state index is 5.79. The van der Waals surface area contributed by atoms with Gasteiger partial charge in [0.1, 0.15) is 11.9 Å². The van der Waals surface area contributed by atoms with E-state index < -0.39 is 0 Å². The monoisotopic (exact) mass is 189 g/mol. The molecule has 1 atom stereocenters. The molecule has 1 unspecified atom stereocenters. The van der Waals surface area contributed by atoms with E-state index in [0.29, 0.717) is 0 Å². The van der Waals surface area contributed by atoms with E-state index in [1.54, 1.807) is 0 Å². The lowest BCUT2D eigenvalue weighted by atomic mass is 10.1. The Morgan fingerprint density at radius 2 is 2.14 bits per heavy atom. The van der Waals surface area contributed by atoms with Crippen molar-refractivity contribution in [2.24, 2.45) is 5.73 Å². The Hall–Kier alpha value is -1.28.